The second kappa shape index (κ2) is 7.40. The lowest BCUT2D eigenvalue weighted by atomic mass is 9.85. The number of Topliss-reactive ketones (excluding diaryl/α,β-unsaturated/α-hetero) is 2. The minimum absolute atomic E-state index is 0.0974. The van der Waals surface area contributed by atoms with Gasteiger partial charge in [0.05, 0.1) is 10.5 Å². The molecule has 152 valence electrons. The average molecular weight is 424 g/mol. The quantitative estimate of drug-likeness (QED) is 0.400. The zero-order chi connectivity index (χ0) is 21.7. The second-order valence-corrected chi connectivity index (χ2v) is 9.00. The Morgan fingerprint density at radius 3 is 2.19 bits per heavy atom. The number of carbonyl (C=O) groups excluding carboxylic acids is 2. The van der Waals surface area contributed by atoms with Crippen molar-refractivity contribution in [3.05, 3.63) is 105 Å². The molecule has 1 aliphatic rings. The van der Waals surface area contributed by atoms with E-state index in [0.717, 1.165) is 32.6 Å². The maximum absolute atomic E-state index is 13.8. The standard InChI is InChI=1S/C27H21NO2S/c1-15-12-13-22(16(2)14-15)31-27-24(23-17(3)28-21-11-7-6-10-20(21)23)25(29)18-8-4-5-9-19(18)26(27)30/h4-14,28H,1-3H3. The summed E-state index contributed by atoms with van der Waals surface area (Å²) in [6.45, 7) is 6.04. The predicted octanol–water partition coefficient (Wildman–Crippen LogP) is 6.68. The van der Waals surface area contributed by atoms with Crippen molar-refractivity contribution in [2.45, 2.75) is 25.7 Å². The largest absolute Gasteiger partial charge is 0.358 e. The first-order chi connectivity index (χ1) is 15.0. The smallest absolute Gasteiger partial charge is 0.201 e. The van der Waals surface area contributed by atoms with Crippen LogP contribution >= 0.6 is 11.8 Å². The van der Waals surface area contributed by atoms with Crippen LogP contribution in [-0.2, 0) is 0 Å². The minimum Gasteiger partial charge on any atom is -0.358 e. The molecular formula is C27H21NO2S. The van der Waals surface area contributed by atoms with Crippen molar-refractivity contribution in [1.82, 2.24) is 4.98 Å². The number of carbonyl (C=O) groups is 2. The van der Waals surface area contributed by atoms with Gasteiger partial charge >= 0.3 is 0 Å². The molecule has 5 rings (SSSR count). The Morgan fingerprint density at radius 1 is 0.774 bits per heavy atom. The number of aryl methyl sites for hydroxylation is 3. The van der Waals surface area contributed by atoms with E-state index in [2.05, 4.69) is 11.1 Å². The number of aromatic nitrogens is 1. The summed E-state index contributed by atoms with van der Waals surface area (Å²) in [7, 11) is 0. The molecule has 0 amide bonds. The summed E-state index contributed by atoms with van der Waals surface area (Å²) in [5.74, 6) is -0.199. The Bertz CT molecular complexity index is 1420. The van der Waals surface area contributed by atoms with Gasteiger partial charge in [0.1, 0.15) is 0 Å². The van der Waals surface area contributed by atoms with E-state index in [1.165, 1.54) is 17.3 Å². The van der Waals surface area contributed by atoms with Gasteiger partial charge in [-0.2, -0.15) is 0 Å². The zero-order valence-electron chi connectivity index (χ0n) is 17.6. The Labute approximate surface area is 185 Å². The molecule has 1 aliphatic carbocycles. The van der Waals surface area contributed by atoms with E-state index in [1.54, 1.807) is 12.1 Å². The van der Waals surface area contributed by atoms with Crippen LogP contribution in [0, 0.1) is 20.8 Å². The topological polar surface area (TPSA) is 49.9 Å². The highest BCUT2D eigenvalue weighted by atomic mass is 32.2. The number of aromatic amines is 1. The van der Waals surface area contributed by atoms with Gasteiger partial charge in [-0.05, 0) is 38.5 Å². The molecule has 0 aliphatic heterocycles. The molecule has 4 aromatic rings. The Balaban J connectivity index is 1.80. The molecule has 0 spiro atoms. The summed E-state index contributed by atoms with van der Waals surface area (Å²) >= 11 is 1.39. The van der Waals surface area contributed by atoms with Crippen molar-refractivity contribution >= 4 is 39.8 Å². The molecule has 1 aromatic heterocycles. The van der Waals surface area contributed by atoms with Gasteiger partial charge in [0, 0.05) is 38.2 Å². The van der Waals surface area contributed by atoms with Gasteiger partial charge in [0.2, 0.25) is 5.78 Å². The lowest BCUT2D eigenvalue weighted by Gasteiger charge is -2.22. The van der Waals surface area contributed by atoms with Crippen molar-refractivity contribution in [2.24, 2.45) is 0 Å². The van der Waals surface area contributed by atoms with Crippen LogP contribution in [0.15, 0.2) is 76.5 Å². The summed E-state index contributed by atoms with van der Waals surface area (Å²) in [5.41, 5.74) is 6.34. The third kappa shape index (κ3) is 3.15. The van der Waals surface area contributed by atoms with Crippen LogP contribution in [0.4, 0.5) is 0 Å². The van der Waals surface area contributed by atoms with Crippen molar-refractivity contribution in [3.63, 3.8) is 0 Å². The van der Waals surface area contributed by atoms with Gasteiger partial charge in [0.15, 0.2) is 5.78 Å². The Kier molecular flexibility index (Phi) is 4.67. The summed E-state index contributed by atoms with van der Waals surface area (Å²) in [4.78, 5) is 32.3. The van der Waals surface area contributed by atoms with E-state index in [-0.39, 0.29) is 11.6 Å². The monoisotopic (exact) mass is 423 g/mol. The first kappa shape index (κ1) is 19.6. The van der Waals surface area contributed by atoms with Crippen molar-refractivity contribution in [2.75, 3.05) is 0 Å². The molecule has 31 heavy (non-hydrogen) atoms. The number of para-hydroxylation sites is 1. The number of ketones is 2. The number of benzene rings is 3. The molecule has 0 radical (unpaired) electrons. The molecule has 0 bridgehead atoms. The van der Waals surface area contributed by atoms with Crippen LogP contribution in [0.3, 0.4) is 0 Å². The predicted molar refractivity (Wildman–Crippen MR) is 127 cm³/mol. The molecule has 4 heteroatoms. The molecule has 0 saturated heterocycles. The fourth-order valence-electron chi connectivity index (χ4n) is 4.30. The molecule has 0 unspecified atom stereocenters. The van der Waals surface area contributed by atoms with E-state index in [9.17, 15) is 9.59 Å². The maximum atomic E-state index is 13.8. The van der Waals surface area contributed by atoms with Gasteiger partial charge in [-0.25, -0.2) is 0 Å². The number of hydrogen-bond donors (Lipinski definition) is 1. The first-order valence-corrected chi connectivity index (χ1v) is 11.0. The van der Waals surface area contributed by atoms with E-state index >= 15 is 0 Å². The normalized spacial score (nSPS) is 13.8. The van der Waals surface area contributed by atoms with Gasteiger partial charge < -0.3 is 4.98 Å². The van der Waals surface area contributed by atoms with Crippen LogP contribution in [0.1, 0.15) is 43.1 Å². The summed E-state index contributed by atoms with van der Waals surface area (Å²) in [5, 5.41) is 0.953. The first-order valence-electron chi connectivity index (χ1n) is 10.2. The molecule has 0 saturated carbocycles. The van der Waals surface area contributed by atoms with Crippen LogP contribution in [0.25, 0.3) is 16.5 Å². The number of nitrogens with one attached hydrogen (secondary N) is 1. The fourth-order valence-corrected chi connectivity index (χ4v) is 5.38. The highest BCUT2D eigenvalue weighted by molar-refractivity contribution is 8.04. The second-order valence-electron chi connectivity index (χ2n) is 7.95. The summed E-state index contributed by atoms with van der Waals surface area (Å²) < 4.78 is 0. The molecule has 0 atom stereocenters. The summed E-state index contributed by atoms with van der Waals surface area (Å²) in [6.07, 6.45) is 0. The van der Waals surface area contributed by atoms with Crippen molar-refractivity contribution in [1.29, 1.82) is 0 Å². The van der Waals surface area contributed by atoms with Gasteiger partial charge in [0.25, 0.3) is 0 Å². The van der Waals surface area contributed by atoms with E-state index in [1.807, 2.05) is 69.3 Å². The van der Waals surface area contributed by atoms with E-state index < -0.39 is 0 Å². The number of H-pyrrole nitrogens is 1. The number of thioether (sulfide) groups is 1. The molecule has 3 aromatic carbocycles. The van der Waals surface area contributed by atoms with Crippen LogP contribution < -0.4 is 0 Å². The van der Waals surface area contributed by atoms with Crippen LogP contribution in [-0.4, -0.2) is 16.6 Å². The Morgan fingerprint density at radius 2 is 1.45 bits per heavy atom. The van der Waals surface area contributed by atoms with Crippen molar-refractivity contribution in [3.8, 4) is 0 Å². The summed E-state index contributed by atoms with van der Waals surface area (Å²) in [6, 6.07) is 21.2. The highest BCUT2D eigenvalue weighted by Crippen LogP contribution is 2.44. The van der Waals surface area contributed by atoms with E-state index in [0.29, 0.717) is 21.6 Å². The highest BCUT2D eigenvalue weighted by Gasteiger charge is 2.35. The maximum Gasteiger partial charge on any atom is 0.201 e. The molecule has 1 N–H and O–H groups in total. The zero-order valence-corrected chi connectivity index (χ0v) is 18.4. The number of hydrogen-bond acceptors (Lipinski definition) is 3. The minimum atomic E-state index is -0.102. The number of rotatable bonds is 3. The SMILES string of the molecule is Cc1ccc(SC2=C(c3c(C)[nH]c4ccccc34)C(=O)c3ccccc3C2=O)c(C)c1. The number of allylic oxidation sites excluding steroid dienone is 2. The molecule has 0 fully saturated rings. The van der Waals surface area contributed by atoms with Crippen molar-refractivity contribution < 1.29 is 9.59 Å². The molecular weight excluding hydrogens is 402 g/mol. The van der Waals surface area contributed by atoms with Gasteiger partial charge in [-0.1, -0.05) is 71.9 Å². The third-order valence-corrected chi connectivity index (χ3v) is 7.03. The van der Waals surface area contributed by atoms with E-state index in [4.69, 9.17) is 0 Å². The lowest BCUT2D eigenvalue weighted by Crippen LogP contribution is -2.20. The van der Waals surface area contributed by atoms with Gasteiger partial charge in [-0.15, -0.1) is 0 Å². The lowest BCUT2D eigenvalue weighted by molar-refractivity contribution is 0.0998. The third-order valence-electron chi connectivity index (χ3n) is 5.76. The molecule has 1 heterocycles. The average Bonchev–Trinajstić information content (AvgIpc) is 3.09. The number of fused-ring (bicyclic) bond motifs is 2. The molecule has 3 nitrogen and oxygen atoms in total. The Hall–Kier alpha value is -3.37. The fraction of sp³-hybridized carbons (Fsp3) is 0.111. The van der Waals surface area contributed by atoms with Crippen LogP contribution in [0.2, 0.25) is 0 Å². The van der Waals surface area contributed by atoms with Crippen LogP contribution in [0.5, 0.6) is 0 Å². The van der Waals surface area contributed by atoms with Gasteiger partial charge in [-0.3, -0.25) is 9.59 Å².